The van der Waals surface area contributed by atoms with Gasteiger partial charge in [0.25, 0.3) is 0 Å². The van der Waals surface area contributed by atoms with Gasteiger partial charge in [-0.3, -0.25) is 4.57 Å². The predicted molar refractivity (Wildman–Crippen MR) is 99.0 cm³/mol. The lowest BCUT2D eigenvalue weighted by molar-refractivity contribution is -0.300. The van der Waals surface area contributed by atoms with Gasteiger partial charge in [-0.05, 0) is 12.8 Å². The number of nitrogens with one attached hydrogen (secondary N) is 1. The van der Waals surface area contributed by atoms with Gasteiger partial charge in [-0.1, -0.05) is 19.8 Å². The van der Waals surface area contributed by atoms with Crippen LogP contribution in [0.5, 0.6) is 0 Å². The Morgan fingerprint density at radius 1 is 1.29 bits per heavy atom. The van der Waals surface area contributed by atoms with E-state index in [1.54, 1.807) is 4.57 Å². The first-order chi connectivity index (χ1) is 13.4. The first kappa shape index (κ1) is 20.5. The van der Waals surface area contributed by atoms with Gasteiger partial charge in [0, 0.05) is 6.04 Å². The minimum Gasteiger partial charge on any atom is -0.876 e. The predicted octanol–water partition coefficient (Wildman–Crippen LogP) is -0.327. The summed E-state index contributed by atoms with van der Waals surface area (Å²) in [4.78, 5) is 12.9. The fourth-order valence-electron chi connectivity index (χ4n) is 3.52. The molecule has 0 spiro atoms. The first-order valence-electron chi connectivity index (χ1n) is 9.31. The van der Waals surface area contributed by atoms with Gasteiger partial charge in [-0.25, -0.2) is 15.0 Å². The van der Waals surface area contributed by atoms with Crippen molar-refractivity contribution < 1.29 is 25.2 Å². The van der Waals surface area contributed by atoms with Crippen LogP contribution in [0.2, 0.25) is 0 Å². The number of hydrogen-bond acceptors (Lipinski definition) is 9. The van der Waals surface area contributed by atoms with E-state index in [1.807, 2.05) is 0 Å². The SMILES string of the molecule is C=C(C)[O-].OCC1OC(n2cnc3c(NC4CCCC4)ncnc32)C(O)C1O. The summed E-state index contributed by atoms with van der Waals surface area (Å²) in [6.45, 7) is 4.05. The molecule has 10 heteroatoms. The second-order valence-corrected chi connectivity index (χ2v) is 7.10. The number of nitrogens with zero attached hydrogens (tertiary/aromatic N) is 4. The Bertz CT molecular complexity index is 803. The number of ether oxygens (including phenoxy) is 1. The van der Waals surface area contributed by atoms with Crippen LogP contribution in [0.1, 0.15) is 38.8 Å². The van der Waals surface area contributed by atoms with Crippen molar-refractivity contribution in [2.24, 2.45) is 0 Å². The molecule has 1 aliphatic carbocycles. The van der Waals surface area contributed by atoms with E-state index in [0.29, 0.717) is 23.0 Å². The van der Waals surface area contributed by atoms with Crippen molar-refractivity contribution in [3.63, 3.8) is 0 Å². The van der Waals surface area contributed by atoms with E-state index in [9.17, 15) is 20.4 Å². The van der Waals surface area contributed by atoms with Crippen LogP contribution in [-0.4, -0.2) is 65.8 Å². The molecule has 0 aromatic carbocycles. The molecule has 2 fully saturated rings. The number of allylic oxidation sites excluding steroid dienone is 1. The van der Waals surface area contributed by atoms with Crippen molar-refractivity contribution in [2.45, 2.75) is 63.2 Å². The minimum absolute atomic E-state index is 0.0833. The van der Waals surface area contributed by atoms with Crippen LogP contribution < -0.4 is 10.4 Å². The zero-order valence-corrected chi connectivity index (χ0v) is 15.7. The van der Waals surface area contributed by atoms with E-state index in [0.717, 1.165) is 12.8 Å². The number of anilines is 1. The number of imidazole rings is 1. The average molecular weight is 392 g/mol. The summed E-state index contributed by atoms with van der Waals surface area (Å²) in [7, 11) is 0. The van der Waals surface area contributed by atoms with Gasteiger partial charge in [0.1, 0.15) is 24.6 Å². The molecule has 0 radical (unpaired) electrons. The number of rotatable bonds is 4. The summed E-state index contributed by atoms with van der Waals surface area (Å²) in [6, 6.07) is 0.391. The first-order valence-corrected chi connectivity index (χ1v) is 9.31. The smallest absolute Gasteiger partial charge is 0.167 e. The Labute approximate surface area is 162 Å². The van der Waals surface area contributed by atoms with Gasteiger partial charge in [0.15, 0.2) is 23.2 Å². The Kier molecular flexibility index (Phi) is 6.45. The molecule has 1 saturated heterocycles. The largest absolute Gasteiger partial charge is 0.876 e. The lowest BCUT2D eigenvalue weighted by Gasteiger charge is -2.17. The average Bonchev–Trinajstić information content (AvgIpc) is 3.36. The van der Waals surface area contributed by atoms with Crippen LogP contribution in [0.15, 0.2) is 25.0 Å². The molecule has 4 N–H and O–H groups in total. The number of aromatic nitrogens is 4. The van der Waals surface area contributed by atoms with Crippen molar-refractivity contribution in [3.05, 3.63) is 25.0 Å². The molecule has 2 aliphatic rings. The molecule has 3 heterocycles. The Morgan fingerprint density at radius 2 is 1.96 bits per heavy atom. The molecule has 1 saturated carbocycles. The Hall–Kier alpha value is -2.27. The minimum atomic E-state index is -1.17. The van der Waals surface area contributed by atoms with Crippen LogP contribution in [0.4, 0.5) is 5.82 Å². The van der Waals surface area contributed by atoms with Crippen molar-refractivity contribution >= 4 is 17.0 Å². The summed E-state index contributed by atoms with van der Waals surface area (Å²) < 4.78 is 7.12. The lowest BCUT2D eigenvalue weighted by Crippen LogP contribution is -2.33. The highest BCUT2D eigenvalue weighted by atomic mass is 16.6. The van der Waals surface area contributed by atoms with E-state index in [-0.39, 0.29) is 12.4 Å². The van der Waals surface area contributed by atoms with Crippen molar-refractivity contribution in [3.8, 4) is 0 Å². The van der Waals surface area contributed by atoms with Crippen molar-refractivity contribution in [1.29, 1.82) is 0 Å². The molecule has 10 nitrogen and oxygen atoms in total. The molecule has 0 bridgehead atoms. The fourth-order valence-corrected chi connectivity index (χ4v) is 3.52. The maximum atomic E-state index is 10.2. The zero-order chi connectivity index (χ0) is 20.3. The maximum absolute atomic E-state index is 10.2. The summed E-state index contributed by atoms with van der Waals surface area (Å²) in [5, 5.41) is 42.1. The molecule has 2 aromatic heterocycles. The highest BCUT2D eigenvalue weighted by Gasteiger charge is 2.44. The summed E-state index contributed by atoms with van der Waals surface area (Å²) in [5.74, 6) is 0.581. The molecule has 4 atom stereocenters. The highest BCUT2D eigenvalue weighted by molar-refractivity contribution is 5.82. The third kappa shape index (κ3) is 4.25. The van der Waals surface area contributed by atoms with Gasteiger partial charge < -0.3 is 30.5 Å². The molecular formula is C18H26N5O5-. The molecule has 0 amide bonds. The fraction of sp³-hybridized carbons (Fsp3) is 0.611. The van der Waals surface area contributed by atoms with Crippen LogP contribution >= 0.6 is 0 Å². The van der Waals surface area contributed by atoms with E-state index >= 15 is 0 Å². The number of aliphatic hydroxyl groups excluding tert-OH is 3. The third-order valence-electron chi connectivity index (χ3n) is 4.85. The highest BCUT2D eigenvalue weighted by Crippen LogP contribution is 2.32. The number of hydrogen-bond donors (Lipinski definition) is 4. The summed E-state index contributed by atoms with van der Waals surface area (Å²) in [6.07, 6.45) is 3.60. The second kappa shape index (κ2) is 8.82. The number of aliphatic hydroxyl groups is 3. The van der Waals surface area contributed by atoms with Gasteiger partial charge in [-0.15, -0.1) is 12.3 Å². The van der Waals surface area contributed by atoms with Gasteiger partial charge >= 0.3 is 0 Å². The van der Waals surface area contributed by atoms with Crippen LogP contribution in [0.3, 0.4) is 0 Å². The summed E-state index contributed by atoms with van der Waals surface area (Å²) in [5.41, 5.74) is 1.11. The van der Waals surface area contributed by atoms with E-state index in [4.69, 9.17) is 4.74 Å². The third-order valence-corrected chi connectivity index (χ3v) is 4.85. The van der Waals surface area contributed by atoms with Gasteiger partial charge in [0.2, 0.25) is 0 Å². The van der Waals surface area contributed by atoms with Gasteiger partial charge in [-0.2, -0.15) is 0 Å². The zero-order valence-electron chi connectivity index (χ0n) is 15.7. The molecule has 4 rings (SSSR count). The van der Waals surface area contributed by atoms with Crippen molar-refractivity contribution in [1.82, 2.24) is 19.5 Å². The Balaban J connectivity index is 0.000000516. The Morgan fingerprint density at radius 3 is 2.57 bits per heavy atom. The van der Waals surface area contributed by atoms with Gasteiger partial charge in [0.05, 0.1) is 12.9 Å². The molecule has 1 aliphatic heterocycles. The number of fused-ring (bicyclic) bond motifs is 1. The molecule has 2 aromatic rings. The maximum Gasteiger partial charge on any atom is 0.167 e. The van der Waals surface area contributed by atoms with Crippen LogP contribution in [-0.2, 0) is 4.74 Å². The molecule has 28 heavy (non-hydrogen) atoms. The van der Waals surface area contributed by atoms with E-state index in [2.05, 4.69) is 26.8 Å². The molecule has 154 valence electrons. The second-order valence-electron chi connectivity index (χ2n) is 7.10. The van der Waals surface area contributed by atoms with E-state index < -0.39 is 24.5 Å². The van der Waals surface area contributed by atoms with Crippen molar-refractivity contribution in [2.75, 3.05) is 11.9 Å². The quantitative estimate of drug-likeness (QED) is 0.513. The molecular weight excluding hydrogens is 366 g/mol. The molecule has 4 unspecified atom stereocenters. The monoisotopic (exact) mass is 392 g/mol. The van der Waals surface area contributed by atoms with Crippen LogP contribution in [0, 0.1) is 0 Å². The standard InChI is InChI=1S/C15H21N5O4.C3H6O/c21-5-9-11(22)12(23)15(24-9)20-7-18-10-13(16-6-17-14(10)20)19-8-3-1-2-4-8;1-3(2)4/h6-9,11-12,15,21-23H,1-5H2,(H,16,17,19);4H,1H2,2H3/p-1. The lowest BCUT2D eigenvalue weighted by atomic mass is 10.1. The summed E-state index contributed by atoms with van der Waals surface area (Å²) >= 11 is 0. The topological polar surface area (TPSA) is 149 Å². The van der Waals surface area contributed by atoms with Crippen LogP contribution in [0.25, 0.3) is 11.2 Å². The normalized spacial score (nSPS) is 27.6. The van der Waals surface area contributed by atoms with E-state index in [1.165, 1.54) is 32.4 Å².